The van der Waals surface area contributed by atoms with Gasteiger partial charge in [-0.3, -0.25) is 0 Å². The first-order valence-electron chi connectivity index (χ1n) is 3.05. The number of carbonyl (C=O) groups is 1. The first-order chi connectivity index (χ1) is 5.34. The minimum Gasteiger partial charge on any atom is -0.479 e. The predicted molar refractivity (Wildman–Crippen MR) is 41.4 cm³/mol. The highest BCUT2D eigenvalue weighted by molar-refractivity contribution is 7.20. The van der Waals surface area contributed by atoms with Crippen molar-refractivity contribution in [2.24, 2.45) is 0 Å². The van der Waals surface area contributed by atoms with Crippen molar-refractivity contribution in [1.29, 1.82) is 0 Å². The standard InChI is InChI=1S/C5H11O6P/c6-1-2(7)3(8)5(11,12)4(9)10/h2-3,6-8,11H,1,12H2,(H,9,10)/t2-,3+,5-/m1/s1. The Bertz CT molecular complexity index is 169. The van der Waals surface area contributed by atoms with Gasteiger partial charge in [-0.2, -0.15) is 0 Å². The highest BCUT2D eigenvalue weighted by Gasteiger charge is 2.42. The van der Waals surface area contributed by atoms with E-state index in [1.165, 1.54) is 9.24 Å². The summed E-state index contributed by atoms with van der Waals surface area (Å²) in [7, 11) is 1.48. The van der Waals surface area contributed by atoms with Crippen LogP contribution in [0.15, 0.2) is 0 Å². The Kier molecular flexibility index (Phi) is 4.02. The second-order valence-corrected chi connectivity index (χ2v) is 3.21. The molecule has 0 saturated heterocycles. The first-order valence-corrected chi connectivity index (χ1v) is 3.63. The van der Waals surface area contributed by atoms with Gasteiger partial charge in [0.25, 0.3) is 0 Å². The zero-order valence-corrected chi connectivity index (χ0v) is 7.24. The van der Waals surface area contributed by atoms with Crippen LogP contribution in [0.2, 0.25) is 0 Å². The van der Waals surface area contributed by atoms with Crippen molar-refractivity contribution in [2.45, 2.75) is 17.6 Å². The van der Waals surface area contributed by atoms with E-state index in [-0.39, 0.29) is 0 Å². The van der Waals surface area contributed by atoms with Crippen LogP contribution < -0.4 is 0 Å². The quantitative estimate of drug-likeness (QED) is 0.315. The third-order valence-electron chi connectivity index (χ3n) is 1.35. The van der Waals surface area contributed by atoms with Crippen molar-refractivity contribution < 1.29 is 30.3 Å². The van der Waals surface area contributed by atoms with Gasteiger partial charge in [0.1, 0.15) is 12.2 Å². The van der Waals surface area contributed by atoms with Gasteiger partial charge in [0, 0.05) is 0 Å². The molecule has 0 aliphatic carbocycles. The van der Waals surface area contributed by atoms with Crippen LogP contribution in [0.5, 0.6) is 0 Å². The van der Waals surface area contributed by atoms with E-state index in [0.29, 0.717) is 0 Å². The normalized spacial score (nSPS) is 21.1. The second kappa shape index (κ2) is 4.11. The fourth-order valence-electron chi connectivity index (χ4n) is 0.520. The molecular weight excluding hydrogens is 187 g/mol. The van der Waals surface area contributed by atoms with Crippen molar-refractivity contribution in [3.05, 3.63) is 0 Å². The van der Waals surface area contributed by atoms with Gasteiger partial charge in [-0.25, -0.2) is 4.79 Å². The molecule has 12 heavy (non-hydrogen) atoms. The molecule has 0 heterocycles. The maximum Gasteiger partial charge on any atom is 0.342 e. The molecule has 0 bridgehead atoms. The molecule has 0 aromatic heterocycles. The smallest absolute Gasteiger partial charge is 0.342 e. The summed E-state index contributed by atoms with van der Waals surface area (Å²) in [4.78, 5) is 10.3. The van der Waals surface area contributed by atoms with Gasteiger partial charge in [0.2, 0.25) is 5.34 Å². The van der Waals surface area contributed by atoms with Gasteiger partial charge in [0.15, 0.2) is 0 Å². The topological polar surface area (TPSA) is 118 Å². The lowest BCUT2D eigenvalue weighted by Gasteiger charge is -2.26. The Balaban J connectivity index is 4.44. The zero-order chi connectivity index (χ0) is 9.94. The summed E-state index contributed by atoms with van der Waals surface area (Å²) >= 11 is 0. The van der Waals surface area contributed by atoms with Crippen LogP contribution in [-0.4, -0.2) is 55.7 Å². The van der Waals surface area contributed by atoms with Crippen molar-refractivity contribution >= 4 is 15.2 Å². The summed E-state index contributed by atoms with van der Waals surface area (Å²) in [5.74, 6) is -1.70. The van der Waals surface area contributed by atoms with E-state index in [0.717, 1.165) is 0 Å². The van der Waals surface area contributed by atoms with Crippen LogP contribution in [-0.2, 0) is 4.79 Å². The number of carboxylic acid groups (broad SMARTS) is 1. The molecule has 4 atom stereocenters. The number of hydrogen-bond donors (Lipinski definition) is 5. The second-order valence-electron chi connectivity index (χ2n) is 2.33. The molecular formula is C5H11O6P. The van der Waals surface area contributed by atoms with E-state index in [4.69, 9.17) is 25.5 Å². The average molecular weight is 198 g/mol. The minimum atomic E-state index is -2.54. The van der Waals surface area contributed by atoms with E-state index < -0.39 is 30.1 Å². The van der Waals surface area contributed by atoms with Crippen molar-refractivity contribution in [1.82, 2.24) is 0 Å². The average Bonchev–Trinajstić information content (AvgIpc) is 2.01. The number of carboxylic acids is 1. The molecule has 0 amide bonds. The van der Waals surface area contributed by atoms with Gasteiger partial charge in [0.05, 0.1) is 6.61 Å². The molecule has 0 aromatic rings. The van der Waals surface area contributed by atoms with Crippen LogP contribution in [0.25, 0.3) is 0 Å². The molecule has 0 spiro atoms. The lowest BCUT2D eigenvalue weighted by Crippen LogP contribution is -2.51. The zero-order valence-electron chi connectivity index (χ0n) is 6.08. The summed E-state index contributed by atoms with van der Waals surface area (Å²) in [5.41, 5.74) is 0. The molecule has 0 aliphatic rings. The van der Waals surface area contributed by atoms with Crippen LogP contribution >= 0.6 is 9.24 Å². The van der Waals surface area contributed by atoms with Gasteiger partial charge < -0.3 is 25.5 Å². The van der Waals surface area contributed by atoms with Crippen molar-refractivity contribution in [3.8, 4) is 0 Å². The molecule has 0 aliphatic heterocycles. The van der Waals surface area contributed by atoms with E-state index in [1.54, 1.807) is 0 Å². The summed E-state index contributed by atoms with van der Waals surface area (Å²) in [6.45, 7) is -0.828. The SMILES string of the molecule is O=C(O)[C@](O)(P)[C@@H](O)[C@H](O)CO. The molecule has 1 unspecified atom stereocenters. The Labute approximate surface area is 70.7 Å². The predicted octanol–water partition coefficient (Wildman–Crippen LogP) is -2.65. The molecule has 0 fully saturated rings. The Hall–Kier alpha value is -0.260. The molecule has 72 valence electrons. The van der Waals surface area contributed by atoms with Crippen LogP contribution in [0, 0.1) is 0 Å². The molecule has 0 radical (unpaired) electrons. The Morgan fingerprint density at radius 2 is 1.92 bits per heavy atom. The largest absolute Gasteiger partial charge is 0.479 e. The lowest BCUT2D eigenvalue weighted by molar-refractivity contribution is -0.165. The molecule has 7 heteroatoms. The van der Waals surface area contributed by atoms with Crippen LogP contribution in [0.4, 0.5) is 0 Å². The van der Waals surface area contributed by atoms with E-state index in [1.807, 2.05) is 0 Å². The van der Waals surface area contributed by atoms with Gasteiger partial charge >= 0.3 is 5.97 Å². The maximum absolute atomic E-state index is 10.3. The summed E-state index contributed by atoms with van der Waals surface area (Å²) in [6, 6.07) is 0. The number of aliphatic carboxylic acids is 1. The van der Waals surface area contributed by atoms with Gasteiger partial charge in [-0.05, 0) is 0 Å². The molecule has 0 aromatic carbocycles. The Morgan fingerprint density at radius 3 is 2.17 bits per heavy atom. The van der Waals surface area contributed by atoms with Gasteiger partial charge in [-0.1, -0.05) is 9.24 Å². The lowest BCUT2D eigenvalue weighted by atomic mass is 10.1. The van der Waals surface area contributed by atoms with Gasteiger partial charge in [-0.15, -0.1) is 0 Å². The Morgan fingerprint density at radius 1 is 1.50 bits per heavy atom. The fraction of sp³-hybridized carbons (Fsp3) is 0.800. The van der Waals surface area contributed by atoms with E-state index in [2.05, 4.69) is 0 Å². The fourth-order valence-corrected chi connectivity index (χ4v) is 0.742. The summed E-state index contributed by atoms with van der Waals surface area (Å²) < 4.78 is 0. The van der Waals surface area contributed by atoms with E-state index >= 15 is 0 Å². The number of aliphatic hydroxyl groups is 4. The summed E-state index contributed by atoms with van der Waals surface area (Å²) in [6.07, 6.45) is -3.64. The number of rotatable bonds is 4. The maximum atomic E-state index is 10.3. The molecule has 0 rings (SSSR count). The molecule has 5 N–H and O–H groups in total. The highest BCUT2D eigenvalue weighted by Crippen LogP contribution is 2.21. The van der Waals surface area contributed by atoms with Crippen LogP contribution in [0.3, 0.4) is 0 Å². The highest BCUT2D eigenvalue weighted by atomic mass is 31.0. The third-order valence-corrected chi connectivity index (χ3v) is 1.93. The van der Waals surface area contributed by atoms with Crippen LogP contribution in [0.1, 0.15) is 0 Å². The minimum absolute atomic E-state index is 0.828. The molecule has 0 saturated carbocycles. The summed E-state index contributed by atoms with van der Waals surface area (Å²) in [5, 5.41) is 40.9. The monoisotopic (exact) mass is 198 g/mol. The number of hydrogen-bond acceptors (Lipinski definition) is 5. The third kappa shape index (κ3) is 2.36. The first kappa shape index (κ1) is 11.7. The molecule has 6 nitrogen and oxygen atoms in total. The van der Waals surface area contributed by atoms with Crippen molar-refractivity contribution in [3.63, 3.8) is 0 Å². The van der Waals surface area contributed by atoms with Crippen molar-refractivity contribution in [2.75, 3.05) is 6.61 Å². The van der Waals surface area contributed by atoms with E-state index in [9.17, 15) is 4.79 Å². The number of aliphatic hydroxyl groups excluding tert-OH is 3.